The summed E-state index contributed by atoms with van der Waals surface area (Å²) in [4.78, 5) is 29.8. The molecule has 2 aromatic rings. The molecule has 0 unspecified atom stereocenters. The maximum absolute atomic E-state index is 11.9. The predicted molar refractivity (Wildman–Crippen MR) is 120 cm³/mol. The number of aliphatic imine (C=N–C) groups is 1. The smallest absolute Gasteiger partial charge is 0.251 e. The van der Waals surface area contributed by atoms with E-state index < -0.39 is 0 Å². The normalized spacial score (nSPS) is 14.0. The summed E-state index contributed by atoms with van der Waals surface area (Å²) < 4.78 is 0. The predicted octanol–water partition coefficient (Wildman–Crippen LogP) is 2.43. The number of carbonyl (C=O) groups is 2. The molecule has 0 aliphatic carbocycles. The van der Waals surface area contributed by atoms with Crippen LogP contribution in [0.25, 0.3) is 0 Å². The average Bonchev–Trinajstić information content (AvgIpc) is 3.20. The Morgan fingerprint density at radius 1 is 0.967 bits per heavy atom. The third kappa shape index (κ3) is 5.59. The molecule has 0 aromatic heterocycles. The topological polar surface area (TPSA) is 85.8 Å². The molecule has 1 aliphatic rings. The Bertz CT molecular complexity index is 891. The van der Waals surface area contributed by atoms with E-state index in [-0.39, 0.29) is 11.8 Å². The monoisotopic (exact) mass is 407 g/mol. The molecule has 1 aliphatic heterocycles. The average molecular weight is 408 g/mol. The van der Waals surface area contributed by atoms with Crippen LogP contribution in [-0.2, 0) is 17.9 Å². The Labute approximate surface area is 177 Å². The van der Waals surface area contributed by atoms with Crippen LogP contribution < -0.4 is 20.9 Å². The Hall–Kier alpha value is -3.35. The van der Waals surface area contributed by atoms with E-state index in [9.17, 15) is 9.59 Å². The van der Waals surface area contributed by atoms with Crippen LogP contribution in [0.2, 0.25) is 0 Å². The summed E-state index contributed by atoms with van der Waals surface area (Å²) in [5.41, 5.74) is 3.78. The third-order valence-electron chi connectivity index (χ3n) is 5.02. The van der Waals surface area contributed by atoms with Gasteiger partial charge in [-0.25, -0.2) is 0 Å². The molecule has 3 N–H and O–H groups in total. The lowest BCUT2D eigenvalue weighted by atomic mass is 10.1. The fourth-order valence-corrected chi connectivity index (χ4v) is 3.34. The van der Waals surface area contributed by atoms with Crippen LogP contribution in [0.4, 0.5) is 5.69 Å². The van der Waals surface area contributed by atoms with Gasteiger partial charge in [0, 0.05) is 50.9 Å². The van der Waals surface area contributed by atoms with E-state index in [4.69, 9.17) is 0 Å². The number of amides is 2. The Morgan fingerprint density at radius 3 is 2.07 bits per heavy atom. The molecule has 0 bridgehead atoms. The first-order valence-electron chi connectivity index (χ1n) is 10.3. The fourth-order valence-electron chi connectivity index (χ4n) is 3.34. The van der Waals surface area contributed by atoms with E-state index >= 15 is 0 Å². The number of hydrogen-bond acceptors (Lipinski definition) is 3. The molecule has 1 heterocycles. The van der Waals surface area contributed by atoms with Crippen molar-refractivity contribution in [3.63, 3.8) is 0 Å². The van der Waals surface area contributed by atoms with Crippen molar-refractivity contribution in [2.45, 2.75) is 32.9 Å². The highest BCUT2D eigenvalue weighted by Gasteiger charge is 2.21. The maximum Gasteiger partial charge on any atom is 0.251 e. The Morgan fingerprint density at radius 2 is 1.57 bits per heavy atom. The highest BCUT2D eigenvalue weighted by molar-refractivity contribution is 5.95. The van der Waals surface area contributed by atoms with E-state index in [1.54, 1.807) is 7.05 Å². The molecule has 1 fully saturated rings. The van der Waals surface area contributed by atoms with Crippen LogP contribution in [0.5, 0.6) is 0 Å². The minimum Gasteiger partial charge on any atom is -0.352 e. The first kappa shape index (κ1) is 21.4. The lowest BCUT2D eigenvalue weighted by molar-refractivity contribution is -0.117. The van der Waals surface area contributed by atoms with Crippen molar-refractivity contribution in [3.05, 3.63) is 65.2 Å². The van der Waals surface area contributed by atoms with E-state index in [0.29, 0.717) is 37.6 Å². The van der Waals surface area contributed by atoms with Gasteiger partial charge in [0.15, 0.2) is 5.96 Å². The second kappa shape index (κ2) is 10.4. The molecule has 0 atom stereocenters. The van der Waals surface area contributed by atoms with Crippen LogP contribution in [0.3, 0.4) is 0 Å². The van der Waals surface area contributed by atoms with Crippen LogP contribution in [0.1, 0.15) is 41.3 Å². The van der Waals surface area contributed by atoms with Gasteiger partial charge < -0.3 is 20.9 Å². The highest BCUT2D eigenvalue weighted by Crippen LogP contribution is 2.21. The SMILES string of the molecule is CCNC(=O)c1ccc(CNC(=NC)NCc2ccc(N3CCCC3=O)cc2)cc1. The molecular formula is C23H29N5O2. The van der Waals surface area contributed by atoms with Crippen molar-refractivity contribution in [3.8, 4) is 0 Å². The van der Waals surface area contributed by atoms with Crippen molar-refractivity contribution in [2.75, 3.05) is 25.0 Å². The highest BCUT2D eigenvalue weighted by atomic mass is 16.2. The zero-order valence-corrected chi connectivity index (χ0v) is 17.6. The molecule has 2 amide bonds. The first-order valence-corrected chi connectivity index (χ1v) is 10.3. The van der Waals surface area contributed by atoms with Gasteiger partial charge in [0.25, 0.3) is 5.91 Å². The number of rotatable bonds is 7. The molecule has 0 radical (unpaired) electrons. The molecule has 0 spiro atoms. The summed E-state index contributed by atoms with van der Waals surface area (Å²) in [5.74, 6) is 0.834. The van der Waals surface area contributed by atoms with Crippen LogP contribution in [-0.4, -0.2) is 37.9 Å². The van der Waals surface area contributed by atoms with Gasteiger partial charge in [-0.05, 0) is 48.7 Å². The van der Waals surface area contributed by atoms with Crippen LogP contribution >= 0.6 is 0 Å². The van der Waals surface area contributed by atoms with Gasteiger partial charge in [-0.15, -0.1) is 0 Å². The van der Waals surface area contributed by atoms with E-state index in [0.717, 1.165) is 29.8 Å². The number of nitrogens with zero attached hydrogens (tertiary/aromatic N) is 2. The number of nitrogens with one attached hydrogen (secondary N) is 3. The molecule has 7 nitrogen and oxygen atoms in total. The van der Waals surface area contributed by atoms with Crippen LogP contribution in [0.15, 0.2) is 53.5 Å². The number of benzene rings is 2. The maximum atomic E-state index is 11.9. The summed E-state index contributed by atoms with van der Waals surface area (Å²) in [6.07, 6.45) is 1.57. The number of carbonyl (C=O) groups excluding carboxylic acids is 2. The van der Waals surface area contributed by atoms with E-state index in [2.05, 4.69) is 20.9 Å². The second-order valence-corrected chi connectivity index (χ2v) is 7.15. The minimum absolute atomic E-state index is 0.0606. The zero-order valence-electron chi connectivity index (χ0n) is 17.6. The molecule has 2 aromatic carbocycles. The van der Waals surface area contributed by atoms with Crippen LogP contribution in [0, 0.1) is 0 Å². The van der Waals surface area contributed by atoms with Crippen molar-refractivity contribution in [1.29, 1.82) is 0 Å². The van der Waals surface area contributed by atoms with Gasteiger partial charge in [-0.3, -0.25) is 14.6 Å². The van der Waals surface area contributed by atoms with Gasteiger partial charge in [-0.1, -0.05) is 24.3 Å². The van der Waals surface area contributed by atoms with E-state index in [1.165, 1.54) is 0 Å². The lowest BCUT2D eigenvalue weighted by Crippen LogP contribution is -2.36. The number of anilines is 1. The van der Waals surface area contributed by atoms with Crippen molar-refractivity contribution < 1.29 is 9.59 Å². The largest absolute Gasteiger partial charge is 0.352 e. The molecule has 3 rings (SSSR count). The zero-order chi connectivity index (χ0) is 21.3. The Kier molecular flexibility index (Phi) is 7.43. The standard InChI is InChI=1S/C23H29N5O2/c1-3-25-22(30)19-10-6-17(7-11-19)15-26-23(24-2)27-16-18-8-12-20(13-9-18)28-14-4-5-21(28)29/h6-13H,3-5,14-16H2,1-2H3,(H,25,30)(H2,24,26,27). The number of guanidine groups is 1. The minimum atomic E-state index is -0.0606. The molecule has 158 valence electrons. The fraction of sp³-hybridized carbons (Fsp3) is 0.348. The summed E-state index contributed by atoms with van der Waals surface area (Å²) in [6.45, 7) is 4.55. The molecule has 1 saturated heterocycles. The van der Waals surface area contributed by atoms with Crippen molar-refractivity contribution in [2.24, 2.45) is 4.99 Å². The summed E-state index contributed by atoms with van der Waals surface area (Å²) in [5, 5.41) is 9.36. The van der Waals surface area contributed by atoms with Gasteiger partial charge >= 0.3 is 0 Å². The first-order chi connectivity index (χ1) is 14.6. The quantitative estimate of drug-likeness (QED) is 0.486. The number of hydrogen-bond donors (Lipinski definition) is 3. The van der Waals surface area contributed by atoms with Crippen molar-refractivity contribution >= 4 is 23.5 Å². The van der Waals surface area contributed by atoms with Gasteiger partial charge in [0.05, 0.1) is 0 Å². The lowest BCUT2D eigenvalue weighted by Gasteiger charge is -2.16. The van der Waals surface area contributed by atoms with E-state index in [1.807, 2.05) is 60.4 Å². The van der Waals surface area contributed by atoms with Gasteiger partial charge in [0.1, 0.15) is 0 Å². The molecular weight excluding hydrogens is 378 g/mol. The summed E-state index contributed by atoms with van der Waals surface area (Å²) in [7, 11) is 1.73. The summed E-state index contributed by atoms with van der Waals surface area (Å²) >= 11 is 0. The molecule has 0 saturated carbocycles. The van der Waals surface area contributed by atoms with Gasteiger partial charge in [-0.2, -0.15) is 0 Å². The molecule has 30 heavy (non-hydrogen) atoms. The molecule has 7 heteroatoms. The third-order valence-corrected chi connectivity index (χ3v) is 5.02. The Balaban J connectivity index is 1.48. The second-order valence-electron chi connectivity index (χ2n) is 7.15. The van der Waals surface area contributed by atoms with Gasteiger partial charge in [0.2, 0.25) is 5.91 Å². The summed E-state index contributed by atoms with van der Waals surface area (Å²) in [6, 6.07) is 15.6. The van der Waals surface area contributed by atoms with Crippen molar-refractivity contribution in [1.82, 2.24) is 16.0 Å².